The molecule has 2 aromatic rings. The summed E-state index contributed by atoms with van der Waals surface area (Å²) in [5.74, 6) is 0.0286. The first-order valence-corrected chi connectivity index (χ1v) is 7.76. The number of aryl methyl sites for hydroxylation is 1. The number of benzene rings is 2. The van der Waals surface area contributed by atoms with Crippen LogP contribution in [0.1, 0.15) is 18.1 Å². The Morgan fingerprint density at radius 3 is 2.54 bits per heavy atom. The van der Waals surface area contributed by atoms with Gasteiger partial charge in [0.2, 0.25) is 0 Å². The van der Waals surface area contributed by atoms with Gasteiger partial charge in [0, 0.05) is 0 Å². The molecule has 3 rings (SSSR count). The zero-order valence-corrected chi connectivity index (χ0v) is 13.6. The number of carbonyl (C=O) groups excluding carboxylic acids is 2. The van der Waals surface area contributed by atoms with Crippen molar-refractivity contribution in [2.45, 2.75) is 13.8 Å². The van der Waals surface area contributed by atoms with Crippen LogP contribution in [0.5, 0.6) is 5.75 Å². The molecule has 0 aromatic heterocycles. The summed E-state index contributed by atoms with van der Waals surface area (Å²) in [5.41, 5.74) is 5.07. The van der Waals surface area contributed by atoms with Gasteiger partial charge in [-0.05, 0) is 55.3 Å². The van der Waals surface area contributed by atoms with Gasteiger partial charge >= 0.3 is 0 Å². The summed E-state index contributed by atoms with van der Waals surface area (Å²) in [6.45, 7) is 4.45. The predicted molar refractivity (Wildman–Crippen MR) is 92.4 cm³/mol. The number of hydrazine groups is 1. The number of para-hydroxylation sites is 1. The fourth-order valence-electron chi connectivity index (χ4n) is 2.56. The summed E-state index contributed by atoms with van der Waals surface area (Å²) in [6, 6.07) is 14.6. The zero-order chi connectivity index (χ0) is 17.1. The van der Waals surface area contributed by atoms with Crippen molar-refractivity contribution in [3.8, 4) is 5.75 Å². The SMILES string of the molecule is CCOc1ccc(C=C2C(=O)NN(c3ccccc3)C2=O)cc1C. The molecule has 24 heavy (non-hydrogen) atoms. The standard InChI is InChI=1S/C19H18N2O3/c1-3-24-17-10-9-14(11-13(17)2)12-16-18(22)20-21(19(16)23)15-7-5-4-6-8-15/h4-12H,3H2,1-2H3,(H,20,22). The summed E-state index contributed by atoms with van der Waals surface area (Å²) in [5, 5.41) is 1.26. The molecular formula is C19H18N2O3. The van der Waals surface area contributed by atoms with E-state index in [9.17, 15) is 9.59 Å². The molecule has 1 fully saturated rings. The molecule has 5 nitrogen and oxygen atoms in total. The van der Waals surface area contributed by atoms with Crippen LogP contribution in [-0.2, 0) is 9.59 Å². The van der Waals surface area contributed by atoms with E-state index in [1.807, 2.05) is 50.2 Å². The molecule has 0 radical (unpaired) electrons. The van der Waals surface area contributed by atoms with Crippen LogP contribution in [0.3, 0.4) is 0 Å². The highest BCUT2D eigenvalue weighted by Crippen LogP contribution is 2.24. The van der Waals surface area contributed by atoms with Gasteiger partial charge in [-0.2, -0.15) is 0 Å². The molecule has 1 heterocycles. The van der Waals surface area contributed by atoms with Crippen LogP contribution in [0.4, 0.5) is 5.69 Å². The van der Waals surface area contributed by atoms with Crippen molar-refractivity contribution < 1.29 is 14.3 Å². The average molecular weight is 322 g/mol. The van der Waals surface area contributed by atoms with E-state index in [4.69, 9.17) is 4.74 Å². The maximum Gasteiger partial charge on any atom is 0.282 e. The highest BCUT2D eigenvalue weighted by Gasteiger charge is 2.34. The van der Waals surface area contributed by atoms with Crippen LogP contribution < -0.4 is 15.2 Å². The Bertz CT molecular complexity index is 813. The molecule has 5 heteroatoms. The topological polar surface area (TPSA) is 58.6 Å². The Morgan fingerprint density at radius 2 is 1.88 bits per heavy atom. The van der Waals surface area contributed by atoms with Gasteiger partial charge in [0.15, 0.2) is 0 Å². The molecule has 1 aliphatic rings. The zero-order valence-electron chi connectivity index (χ0n) is 13.6. The molecule has 2 amide bonds. The van der Waals surface area contributed by atoms with E-state index in [0.717, 1.165) is 16.9 Å². The second-order valence-corrected chi connectivity index (χ2v) is 5.43. The van der Waals surface area contributed by atoms with Crippen LogP contribution in [-0.4, -0.2) is 18.4 Å². The summed E-state index contributed by atoms with van der Waals surface area (Å²) < 4.78 is 5.50. The van der Waals surface area contributed by atoms with Crippen molar-refractivity contribution in [1.82, 2.24) is 5.43 Å². The number of ether oxygens (including phenoxy) is 1. The van der Waals surface area contributed by atoms with E-state index >= 15 is 0 Å². The Labute approximate surface area is 140 Å². The Hall–Kier alpha value is -3.08. The van der Waals surface area contributed by atoms with Crippen LogP contribution >= 0.6 is 0 Å². The van der Waals surface area contributed by atoms with E-state index in [-0.39, 0.29) is 11.5 Å². The lowest BCUT2D eigenvalue weighted by Crippen LogP contribution is -2.35. The number of amides is 2. The first-order valence-electron chi connectivity index (χ1n) is 7.76. The van der Waals surface area contributed by atoms with Crippen molar-refractivity contribution in [3.63, 3.8) is 0 Å². The van der Waals surface area contributed by atoms with Gasteiger partial charge in [-0.15, -0.1) is 0 Å². The second kappa shape index (κ2) is 6.58. The first kappa shape index (κ1) is 15.8. The van der Waals surface area contributed by atoms with E-state index in [2.05, 4.69) is 5.43 Å². The van der Waals surface area contributed by atoms with Crippen LogP contribution in [0.25, 0.3) is 6.08 Å². The minimum Gasteiger partial charge on any atom is -0.494 e. The molecular weight excluding hydrogens is 304 g/mol. The maximum absolute atomic E-state index is 12.5. The maximum atomic E-state index is 12.5. The van der Waals surface area contributed by atoms with Crippen molar-refractivity contribution >= 4 is 23.6 Å². The molecule has 2 aromatic carbocycles. The first-order chi connectivity index (χ1) is 11.6. The van der Waals surface area contributed by atoms with Crippen LogP contribution in [0.2, 0.25) is 0 Å². The van der Waals surface area contributed by atoms with Gasteiger partial charge in [-0.3, -0.25) is 15.0 Å². The number of carbonyl (C=O) groups is 2. The van der Waals surface area contributed by atoms with E-state index < -0.39 is 5.91 Å². The number of hydrogen-bond donors (Lipinski definition) is 1. The van der Waals surface area contributed by atoms with Gasteiger partial charge in [0.25, 0.3) is 11.8 Å². The summed E-state index contributed by atoms with van der Waals surface area (Å²) in [7, 11) is 0. The minimum atomic E-state index is -0.407. The van der Waals surface area contributed by atoms with Crippen molar-refractivity contribution in [2.24, 2.45) is 0 Å². The predicted octanol–water partition coefficient (Wildman–Crippen LogP) is 2.86. The van der Waals surface area contributed by atoms with Gasteiger partial charge in [0.05, 0.1) is 12.3 Å². The molecule has 1 aliphatic heterocycles. The third-order valence-electron chi connectivity index (χ3n) is 3.72. The quantitative estimate of drug-likeness (QED) is 0.695. The smallest absolute Gasteiger partial charge is 0.282 e. The van der Waals surface area contributed by atoms with E-state index in [1.54, 1.807) is 18.2 Å². The van der Waals surface area contributed by atoms with Crippen LogP contribution in [0.15, 0.2) is 54.1 Å². The van der Waals surface area contributed by atoms with E-state index in [1.165, 1.54) is 5.01 Å². The number of anilines is 1. The lowest BCUT2D eigenvalue weighted by atomic mass is 10.1. The highest BCUT2D eigenvalue weighted by atomic mass is 16.5. The van der Waals surface area contributed by atoms with Crippen molar-refractivity contribution in [2.75, 3.05) is 11.6 Å². The normalized spacial score (nSPS) is 15.8. The number of nitrogens with one attached hydrogen (secondary N) is 1. The lowest BCUT2D eigenvalue weighted by molar-refractivity contribution is -0.117. The third kappa shape index (κ3) is 3.01. The summed E-state index contributed by atoms with van der Waals surface area (Å²) in [4.78, 5) is 24.7. The Kier molecular flexibility index (Phi) is 4.33. The number of nitrogens with zero attached hydrogens (tertiary/aromatic N) is 1. The lowest BCUT2D eigenvalue weighted by Gasteiger charge is -2.13. The molecule has 1 saturated heterocycles. The van der Waals surface area contributed by atoms with Gasteiger partial charge in [0.1, 0.15) is 11.3 Å². The second-order valence-electron chi connectivity index (χ2n) is 5.43. The minimum absolute atomic E-state index is 0.113. The van der Waals surface area contributed by atoms with Crippen molar-refractivity contribution in [1.29, 1.82) is 0 Å². The Morgan fingerprint density at radius 1 is 1.12 bits per heavy atom. The molecule has 0 saturated carbocycles. The largest absolute Gasteiger partial charge is 0.494 e. The fraction of sp³-hybridized carbons (Fsp3) is 0.158. The number of hydrogen-bond acceptors (Lipinski definition) is 3. The van der Waals surface area contributed by atoms with Gasteiger partial charge in [-0.1, -0.05) is 24.3 Å². The molecule has 0 atom stereocenters. The molecule has 1 N–H and O–H groups in total. The average Bonchev–Trinajstić information content (AvgIpc) is 2.86. The monoisotopic (exact) mass is 322 g/mol. The molecule has 0 aliphatic carbocycles. The van der Waals surface area contributed by atoms with E-state index in [0.29, 0.717) is 12.3 Å². The third-order valence-corrected chi connectivity index (χ3v) is 3.72. The fourth-order valence-corrected chi connectivity index (χ4v) is 2.56. The van der Waals surface area contributed by atoms with Gasteiger partial charge < -0.3 is 4.74 Å². The summed E-state index contributed by atoms with van der Waals surface area (Å²) in [6.07, 6.45) is 1.60. The van der Waals surface area contributed by atoms with Crippen molar-refractivity contribution in [3.05, 3.63) is 65.2 Å². The molecule has 122 valence electrons. The Balaban J connectivity index is 1.89. The summed E-state index contributed by atoms with van der Waals surface area (Å²) >= 11 is 0. The molecule has 0 unspecified atom stereocenters. The highest BCUT2D eigenvalue weighted by molar-refractivity contribution is 6.31. The van der Waals surface area contributed by atoms with Crippen LogP contribution in [0, 0.1) is 6.92 Å². The molecule has 0 bridgehead atoms. The molecule has 0 spiro atoms. The number of rotatable bonds is 4. The van der Waals surface area contributed by atoms with Gasteiger partial charge in [-0.25, -0.2) is 5.01 Å².